The normalized spacial score (nSPS) is 11.1. The van der Waals surface area contributed by atoms with Crippen LogP contribution in [-0.2, 0) is 5.75 Å². The predicted molar refractivity (Wildman–Crippen MR) is 78.8 cm³/mol. The average molecular weight is 287 g/mol. The Labute approximate surface area is 119 Å². The van der Waals surface area contributed by atoms with Crippen LogP contribution in [0, 0.1) is 6.92 Å². The first-order valence-corrected chi connectivity index (χ1v) is 7.03. The number of hydrogen-bond donors (Lipinski definition) is 2. The number of aromatic amines is 1. The minimum Gasteiger partial charge on any atom is -0.399 e. The molecule has 0 radical (unpaired) electrons. The second kappa shape index (κ2) is 5.01. The van der Waals surface area contributed by atoms with E-state index in [0.717, 1.165) is 16.1 Å². The van der Waals surface area contributed by atoms with Gasteiger partial charge >= 0.3 is 0 Å². The number of hydrogen-bond acceptors (Lipinski definition) is 5. The Morgan fingerprint density at radius 1 is 1.40 bits per heavy atom. The molecule has 0 bridgehead atoms. The Bertz CT molecular complexity index is 823. The Hall–Kier alpha value is -2.28. The fourth-order valence-electron chi connectivity index (χ4n) is 1.84. The molecule has 2 heterocycles. The summed E-state index contributed by atoms with van der Waals surface area (Å²) >= 11 is 1.61. The van der Waals surface area contributed by atoms with Gasteiger partial charge in [-0.2, -0.15) is 4.52 Å². The van der Waals surface area contributed by atoms with Crippen LogP contribution in [0.25, 0.3) is 5.78 Å². The summed E-state index contributed by atoms with van der Waals surface area (Å²) in [6.07, 6.45) is 1.45. The zero-order chi connectivity index (χ0) is 14.1. The van der Waals surface area contributed by atoms with Crippen molar-refractivity contribution in [1.82, 2.24) is 19.6 Å². The molecule has 0 aliphatic rings. The minimum atomic E-state index is -0.156. The lowest BCUT2D eigenvalue weighted by atomic mass is 10.2. The van der Waals surface area contributed by atoms with Crippen LogP contribution in [0.15, 0.2) is 40.3 Å². The number of benzene rings is 1. The van der Waals surface area contributed by atoms with Crippen LogP contribution in [-0.4, -0.2) is 19.6 Å². The average Bonchev–Trinajstić information content (AvgIpc) is 2.89. The molecular weight excluding hydrogens is 274 g/mol. The Morgan fingerprint density at radius 2 is 2.25 bits per heavy atom. The van der Waals surface area contributed by atoms with E-state index in [9.17, 15) is 4.79 Å². The highest BCUT2D eigenvalue weighted by molar-refractivity contribution is 7.98. The number of fused-ring (bicyclic) bond motifs is 1. The number of nitrogen functional groups attached to an aromatic ring is 1. The van der Waals surface area contributed by atoms with Crippen molar-refractivity contribution in [2.45, 2.75) is 17.6 Å². The summed E-state index contributed by atoms with van der Waals surface area (Å²) in [6.45, 7) is 1.97. The van der Waals surface area contributed by atoms with Gasteiger partial charge < -0.3 is 5.73 Å². The highest BCUT2D eigenvalue weighted by Gasteiger charge is 2.05. The van der Waals surface area contributed by atoms with Gasteiger partial charge in [0.05, 0.1) is 5.69 Å². The molecule has 20 heavy (non-hydrogen) atoms. The van der Waals surface area contributed by atoms with E-state index in [-0.39, 0.29) is 5.56 Å². The van der Waals surface area contributed by atoms with Crippen LogP contribution in [0.4, 0.5) is 5.69 Å². The van der Waals surface area contributed by atoms with Crippen molar-refractivity contribution in [3.8, 4) is 0 Å². The topological polar surface area (TPSA) is 89.1 Å². The number of nitrogens with two attached hydrogens (primary N) is 1. The first-order chi connectivity index (χ1) is 9.63. The zero-order valence-corrected chi connectivity index (χ0v) is 11.6. The number of nitrogens with zero attached hydrogens (tertiary/aromatic N) is 3. The summed E-state index contributed by atoms with van der Waals surface area (Å²) < 4.78 is 1.31. The highest BCUT2D eigenvalue weighted by atomic mass is 32.2. The van der Waals surface area contributed by atoms with E-state index >= 15 is 0 Å². The number of rotatable bonds is 3. The maximum Gasteiger partial charge on any atom is 0.274 e. The monoisotopic (exact) mass is 287 g/mol. The second-order valence-corrected chi connectivity index (χ2v) is 5.46. The summed E-state index contributed by atoms with van der Waals surface area (Å²) in [6, 6.07) is 7.39. The molecule has 0 spiro atoms. The van der Waals surface area contributed by atoms with Crippen LogP contribution in [0.3, 0.4) is 0 Å². The second-order valence-electron chi connectivity index (χ2n) is 4.42. The SMILES string of the molecule is Cc1cc(SCc2cc(=O)n3[nH]cnc3n2)ccc1N. The van der Waals surface area contributed by atoms with Gasteiger partial charge in [-0.15, -0.1) is 11.8 Å². The van der Waals surface area contributed by atoms with Crippen LogP contribution < -0.4 is 11.3 Å². The predicted octanol–water partition coefficient (Wildman–Crippen LogP) is 1.60. The molecule has 2 aromatic heterocycles. The molecule has 3 rings (SSSR count). The molecular formula is C13H13N5OS. The molecule has 0 atom stereocenters. The molecule has 6 nitrogen and oxygen atoms in total. The number of aryl methyl sites for hydroxylation is 1. The third kappa shape index (κ3) is 2.39. The highest BCUT2D eigenvalue weighted by Crippen LogP contribution is 2.24. The van der Waals surface area contributed by atoms with Crippen molar-refractivity contribution in [1.29, 1.82) is 0 Å². The van der Waals surface area contributed by atoms with Crippen LogP contribution in [0.5, 0.6) is 0 Å². The van der Waals surface area contributed by atoms with E-state index in [1.807, 2.05) is 25.1 Å². The molecule has 7 heteroatoms. The number of nitrogens with one attached hydrogen (secondary N) is 1. The van der Waals surface area contributed by atoms with E-state index < -0.39 is 0 Å². The number of anilines is 1. The molecule has 0 aliphatic carbocycles. The maximum atomic E-state index is 11.8. The van der Waals surface area contributed by atoms with E-state index in [0.29, 0.717) is 17.2 Å². The smallest absolute Gasteiger partial charge is 0.274 e. The molecule has 0 amide bonds. The van der Waals surface area contributed by atoms with E-state index in [2.05, 4.69) is 15.1 Å². The van der Waals surface area contributed by atoms with Crippen molar-refractivity contribution < 1.29 is 0 Å². The summed E-state index contributed by atoms with van der Waals surface area (Å²) in [4.78, 5) is 21.2. The van der Waals surface area contributed by atoms with Gasteiger partial charge in [0, 0.05) is 22.4 Å². The zero-order valence-electron chi connectivity index (χ0n) is 10.8. The van der Waals surface area contributed by atoms with Crippen LogP contribution in [0.2, 0.25) is 0 Å². The maximum absolute atomic E-state index is 11.8. The molecule has 0 unspecified atom stereocenters. The van der Waals surface area contributed by atoms with Gasteiger partial charge in [0.15, 0.2) is 0 Å². The third-order valence-corrected chi connectivity index (χ3v) is 3.98. The van der Waals surface area contributed by atoms with Crippen molar-refractivity contribution >= 4 is 23.2 Å². The van der Waals surface area contributed by atoms with Gasteiger partial charge in [-0.05, 0) is 30.7 Å². The molecule has 0 aliphatic heterocycles. The Kier molecular flexibility index (Phi) is 3.19. The summed E-state index contributed by atoms with van der Waals surface area (Å²) in [5.74, 6) is 1.00. The molecule has 0 fully saturated rings. The quantitative estimate of drug-likeness (QED) is 0.564. The van der Waals surface area contributed by atoms with Gasteiger partial charge in [0.25, 0.3) is 11.3 Å². The fraction of sp³-hybridized carbons (Fsp3) is 0.154. The molecule has 3 N–H and O–H groups in total. The summed E-state index contributed by atoms with van der Waals surface area (Å²) in [5.41, 5.74) is 8.17. The van der Waals surface area contributed by atoms with Crippen molar-refractivity contribution in [2.75, 3.05) is 5.73 Å². The molecule has 0 saturated heterocycles. The van der Waals surface area contributed by atoms with Crippen molar-refractivity contribution in [3.05, 3.63) is 52.2 Å². The lowest BCUT2D eigenvalue weighted by Gasteiger charge is -2.04. The van der Waals surface area contributed by atoms with E-state index in [1.165, 1.54) is 16.9 Å². The van der Waals surface area contributed by atoms with Gasteiger partial charge in [0.1, 0.15) is 6.33 Å². The van der Waals surface area contributed by atoms with E-state index in [4.69, 9.17) is 5.73 Å². The van der Waals surface area contributed by atoms with Crippen molar-refractivity contribution in [3.63, 3.8) is 0 Å². The number of H-pyrrole nitrogens is 1. The first-order valence-electron chi connectivity index (χ1n) is 6.04. The Balaban J connectivity index is 1.82. The fourth-order valence-corrected chi connectivity index (χ4v) is 2.72. The molecule has 0 saturated carbocycles. The van der Waals surface area contributed by atoms with Gasteiger partial charge in [-0.3, -0.25) is 9.89 Å². The lowest BCUT2D eigenvalue weighted by molar-refractivity contribution is 0.887. The summed E-state index contributed by atoms with van der Waals surface area (Å²) in [5, 5.41) is 2.71. The largest absolute Gasteiger partial charge is 0.399 e. The third-order valence-electron chi connectivity index (χ3n) is 2.95. The van der Waals surface area contributed by atoms with Gasteiger partial charge in [0.2, 0.25) is 0 Å². The first kappa shape index (κ1) is 12.7. The van der Waals surface area contributed by atoms with Crippen LogP contribution in [0.1, 0.15) is 11.3 Å². The van der Waals surface area contributed by atoms with Crippen LogP contribution >= 0.6 is 11.8 Å². The van der Waals surface area contributed by atoms with Crippen molar-refractivity contribution in [2.24, 2.45) is 0 Å². The number of aromatic nitrogens is 4. The van der Waals surface area contributed by atoms with E-state index in [1.54, 1.807) is 11.8 Å². The lowest BCUT2D eigenvalue weighted by Crippen LogP contribution is -2.15. The Morgan fingerprint density at radius 3 is 3.05 bits per heavy atom. The van der Waals surface area contributed by atoms with Gasteiger partial charge in [-0.1, -0.05) is 0 Å². The molecule has 1 aromatic carbocycles. The molecule has 102 valence electrons. The standard InChI is InChI=1S/C13H13N5OS/c1-8-4-10(2-3-11(8)14)20-6-9-5-12(19)18-13(17-9)15-7-16-18/h2-5,7H,6,14H2,1H3,(H,15,16,17). The number of thioether (sulfide) groups is 1. The van der Waals surface area contributed by atoms with Gasteiger partial charge in [-0.25, -0.2) is 9.97 Å². The summed E-state index contributed by atoms with van der Waals surface area (Å²) in [7, 11) is 0. The molecule has 3 aromatic rings. The minimum absolute atomic E-state index is 0.156.